The lowest BCUT2D eigenvalue weighted by Crippen LogP contribution is -2.33. The van der Waals surface area contributed by atoms with E-state index < -0.39 is 17.6 Å². The van der Waals surface area contributed by atoms with Crippen LogP contribution in [0.2, 0.25) is 0 Å². The van der Waals surface area contributed by atoms with Gasteiger partial charge in [0.25, 0.3) is 5.56 Å². The van der Waals surface area contributed by atoms with Gasteiger partial charge in [0.1, 0.15) is 17.7 Å². The minimum atomic E-state index is -0.736. The first-order valence-corrected chi connectivity index (χ1v) is 6.76. The number of nitriles is 1. The summed E-state index contributed by atoms with van der Waals surface area (Å²) in [6.45, 7) is 7.71. The number of pyridine rings is 1. The summed E-state index contributed by atoms with van der Waals surface area (Å²) in [4.78, 5) is 24.2. The molecule has 0 aromatic carbocycles. The molecule has 1 heterocycles. The number of ether oxygens (including phenoxy) is 1. The van der Waals surface area contributed by atoms with Crippen molar-refractivity contribution in [1.29, 1.82) is 5.26 Å². The van der Waals surface area contributed by atoms with Crippen molar-refractivity contribution < 1.29 is 9.53 Å². The van der Waals surface area contributed by atoms with Crippen LogP contribution in [-0.4, -0.2) is 17.1 Å². The molecule has 0 fully saturated rings. The van der Waals surface area contributed by atoms with E-state index in [2.05, 4.69) is 0 Å². The highest BCUT2D eigenvalue weighted by molar-refractivity contribution is 5.74. The smallest absolute Gasteiger partial charge is 0.328 e. The summed E-state index contributed by atoms with van der Waals surface area (Å²) in [7, 11) is 0. The zero-order valence-corrected chi connectivity index (χ0v) is 12.3. The van der Waals surface area contributed by atoms with Crippen LogP contribution in [0.1, 0.15) is 57.3 Å². The Kier molecular flexibility index (Phi) is 5.51. The van der Waals surface area contributed by atoms with E-state index in [1.807, 2.05) is 26.8 Å². The van der Waals surface area contributed by atoms with Crippen LogP contribution >= 0.6 is 0 Å². The van der Waals surface area contributed by atoms with Gasteiger partial charge in [-0.05, 0) is 31.4 Å². The van der Waals surface area contributed by atoms with Crippen molar-refractivity contribution in [1.82, 2.24) is 4.57 Å². The molecule has 0 radical (unpaired) electrons. The molecule has 0 aliphatic rings. The van der Waals surface area contributed by atoms with E-state index in [-0.39, 0.29) is 11.5 Å². The van der Waals surface area contributed by atoms with E-state index in [1.54, 1.807) is 13.0 Å². The molecule has 108 valence electrons. The molecular formula is C15H20N2O3. The molecule has 0 spiro atoms. The Balaban J connectivity index is 3.30. The number of carbonyl (C=O) groups is 1. The van der Waals surface area contributed by atoms with Gasteiger partial charge in [-0.2, -0.15) is 5.26 Å². The molecule has 1 atom stereocenters. The Morgan fingerprint density at radius 1 is 1.40 bits per heavy atom. The highest BCUT2D eigenvalue weighted by Crippen LogP contribution is 2.18. The largest absolute Gasteiger partial charge is 0.464 e. The van der Waals surface area contributed by atoms with Gasteiger partial charge in [0.15, 0.2) is 0 Å². The second-order valence-electron chi connectivity index (χ2n) is 4.96. The third kappa shape index (κ3) is 3.27. The molecule has 0 saturated carbocycles. The molecule has 0 saturated heterocycles. The van der Waals surface area contributed by atoms with Gasteiger partial charge in [0.2, 0.25) is 0 Å². The van der Waals surface area contributed by atoms with Crippen LogP contribution in [0.5, 0.6) is 0 Å². The third-order valence-corrected chi connectivity index (χ3v) is 3.04. The minimum Gasteiger partial charge on any atom is -0.464 e. The number of esters is 1. The maximum Gasteiger partial charge on any atom is 0.328 e. The number of nitrogens with zero attached hydrogens (tertiary/aromatic N) is 2. The molecule has 1 aromatic rings. The summed E-state index contributed by atoms with van der Waals surface area (Å²) in [6, 6.07) is 4.33. The van der Waals surface area contributed by atoms with Crippen LogP contribution in [0, 0.1) is 11.3 Å². The lowest BCUT2D eigenvalue weighted by Gasteiger charge is -2.20. The first-order chi connectivity index (χ1) is 9.43. The van der Waals surface area contributed by atoms with E-state index in [9.17, 15) is 9.59 Å². The highest BCUT2D eigenvalue weighted by Gasteiger charge is 2.22. The van der Waals surface area contributed by atoms with Gasteiger partial charge in [-0.15, -0.1) is 0 Å². The summed E-state index contributed by atoms with van der Waals surface area (Å²) in [6.07, 6.45) is 0.725. The summed E-state index contributed by atoms with van der Waals surface area (Å²) in [5, 5.41) is 8.95. The number of carbonyl (C=O) groups excluding carboxylic acids is 1. The van der Waals surface area contributed by atoms with Crippen LogP contribution in [0.4, 0.5) is 0 Å². The van der Waals surface area contributed by atoms with Gasteiger partial charge in [0.05, 0.1) is 6.61 Å². The van der Waals surface area contributed by atoms with Crippen LogP contribution in [0.15, 0.2) is 16.9 Å². The van der Waals surface area contributed by atoms with E-state index in [1.165, 1.54) is 10.6 Å². The standard InChI is InChI=1S/C15H20N2O3/c1-5-8-20-15(19)11(4)17-13(10(2)3)7-6-12(9-16)14(17)18/h6-7,10-11H,5,8H2,1-4H3. The third-order valence-electron chi connectivity index (χ3n) is 3.04. The second kappa shape index (κ2) is 6.90. The van der Waals surface area contributed by atoms with Crippen molar-refractivity contribution in [2.24, 2.45) is 0 Å². The number of rotatable bonds is 5. The fourth-order valence-corrected chi connectivity index (χ4v) is 1.95. The maximum absolute atomic E-state index is 12.3. The van der Waals surface area contributed by atoms with E-state index in [4.69, 9.17) is 10.00 Å². The van der Waals surface area contributed by atoms with Gasteiger partial charge in [0, 0.05) is 5.69 Å². The average molecular weight is 276 g/mol. The maximum atomic E-state index is 12.3. The van der Waals surface area contributed by atoms with Gasteiger partial charge < -0.3 is 4.74 Å². The van der Waals surface area contributed by atoms with Crippen molar-refractivity contribution in [3.05, 3.63) is 33.7 Å². The Morgan fingerprint density at radius 3 is 2.55 bits per heavy atom. The Morgan fingerprint density at radius 2 is 2.05 bits per heavy atom. The molecule has 0 aliphatic heterocycles. The van der Waals surface area contributed by atoms with Crippen LogP contribution in [0.3, 0.4) is 0 Å². The van der Waals surface area contributed by atoms with Gasteiger partial charge in [-0.1, -0.05) is 20.8 Å². The van der Waals surface area contributed by atoms with E-state index in [0.717, 1.165) is 12.1 Å². The van der Waals surface area contributed by atoms with E-state index in [0.29, 0.717) is 6.61 Å². The monoisotopic (exact) mass is 276 g/mol. The molecule has 5 heteroatoms. The van der Waals surface area contributed by atoms with Crippen LogP contribution < -0.4 is 5.56 Å². The molecule has 5 nitrogen and oxygen atoms in total. The molecule has 0 amide bonds. The number of hydrogen-bond donors (Lipinski definition) is 0. The van der Waals surface area contributed by atoms with Crippen molar-refractivity contribution in [3.8, 4) is 6.07 Å². The van der Waals surface area contributed by atoms with Crippen molar-refractivity contribution >= 4 is 5.97 Å². The zero-order chi connectivity index (χ0) is 15.3. The summed E-state index contributed by atoms with van der Waals surface area (Å²) < 4.78 is 6.45. The molecule has 1 rings (SSSR count). The molecule has 1 aromatic heterocycles. The van der Waals surface area contributed by atoms with Crippen molar-refractivity contribution in [2.75, 3.05) is 6.61 Å². The molecular weight excluding hydrogens is 256 g/mol. The average Bonchev–Trinajstić information content (AvgIpc) is 2.43. The fraction of sp³-hybridized carbons (Fsp3) is 0.533. The second-order valence-corrected chi connectivity index (χ2v) is 4.96. The fourth-order valence-electron chi connectivity index (χ4n) is 1.95. The molecule has 0 bridgehead atoms. The number of hydrogen-bond acceptors (Lipinski definition) is 4. The Labute approximate surface area is 118 Å². The lowest BCUT2D eigenvalue weighted by atomic mass is 10.1. The Bertz CT molecular complexity index is 582. The quantitative estimate of drug-likeness (QED) is 0.774. The lowest BCUT2D eigenvalue weighted by molar-refractivity contribution is -0.147. The number of aromatic nitrogens is 1. The zero-order valence-electron chi connectivity index (χ0n) is 12.3. The van der Waals surface area contributed by atoms with Crippen molar-refractivity contribution in [3.63, 3.8) is 0 Å². The van der Waals surface area contributed by atoms with Crippen LogP contribution in [-0.2, 0) is 9.53 Å². The van der Waals surface area contributed by atoms with Gasteiger partial charge >= 0.3 is 5.97 Å². The topological polar surface area (TPSA) is 72.1 Å². The summed E-state index contributed by atoms with van der Waals surface area (Å²) in [5.74, 6) is -0.386. The molecule has 1 unspecified atom stereocenters. The van der Waals surface area contributed by atoms with Gasteiger partial charge in [-0.3, -0.25) is 9.36 Å². The highest BCUT2D eigenvalue weighted by atomic mass is 16.5. The van der Waals surface area contributed by atoms with Crippen molar-refractivity contribution in [2.45, 2.75) is 46.1 Å². The molecule has 0 aliphatic carbocycles. The minimum absolute atomic E-state index is 0.0320. The van der Waals surface area contributed by atoms with Crippen LogP contribution in [0.25, 0.3) is 0 Å². The van der Waals surface area contributed by atoms with Gasteiger partial charge in [-0.25, -0.2) is 4.79 Å². The molecule has 20 heavy (non-hydrogen) atoms. The summed E-state index contributed by atoms with van der Waals surface area (Å²) >= 11 is 0. The Hall–Kier alpha value is -2.09. The predicted octanol–water partition coefficient (Wildman–Crippen LogP) is 2.36. The van der Waals surface area contributed by atoms with E-state index >= 15 is 0 Å². The molecule has 0 N–H and O–H groups in total. The summed E-state index contributed by atoms with van der Waals surface area (Å²) in [5.41, 5.74) is 0.305. The first kappa shape index (κ1) is 16.0. The normalized spacial score (nSPS) is 12.0. The first-order valence-electron chi connectivity index (χ1n) is 6.76. The predicted molar refractivity (Wildman–Crippen MR) is 75.5 cm³/mol. The SMILES string of the molecule is CCCOC(=O)C(C)n1c(C(C)C)ccc(C#N)c1=O.